The van der Waals surface area contributed by atoms with Gasteiger partial charge < -0.3 is 29.7 Å². The minimum atomic E-state index is -1.38. The number of alkyl halides is 1. The Bertz CT molecular complexity index is 1340. The Morgan fingerprint density at radius 2 is 2.08 bits per heavy atom. The summed E-state index contributed by atoms with van der Waals surface area (Å²) >= 11 is 0. The molecule has 38 heavy (non-hydrogen) atoms. The van der Waals surface area contributed by atoms with E-state index in [0.29, 0.717) is 49.5 Å². The maximum Gasteiger partial charge on any atom is 0.410 e. The van der Waals surface area contributed by atoms with E-state index in [1.54, 1.807) is 35.3 Å². The number of aromatic nitrogens is 3. The Morgan fingerprint density at radius 1 is 1.26 bits per heavy atom. The van der Waals surface area contributed by atoms with Gasteiger partial charge in [-0.1, -0.05) is 19.9 Å². The molecule has 0 unspecified atom stereocenters. The van der Waals surface area contributed by atoms with Crippen LogP contribution < -0.4 is 15.0 Å². The number of ether oxygens (including phenoxy) is 2. The van der Waals surface area contributed by atoms with Crippen LogP contribution in [0.5, 0.6) is 5.75 Å². The highest BCUT2D eigenvalue weighted by Crippen LogP contribution is 2.34. The Hall–Kier alpha value is -3.73. The maximum atomic E-state index is 14.4. The van der Waals surface area contributed by atoms with Crippen molar-refractivity contribution in [2.75, 3.05) is 43.6 Å². The summed E-state index contributed by atoms with van der Waals surface area (Å²) < 4.78 is 25.6. The van der Waals surface area contributed by atoms with E-state index in [2.05, 4.69) is 34.1 Å². The second-order valence-electron chi connectivity index (χ2n) is 10.5. The van der Waals surface area contributed by atoms with E-state index >= 15 is 0 Å². The number of anilines is 3. The summed E-state index contributed by atoms with van der Waals surface area (Å²) in [5, 5.41) is 15.2. The van der Waals surface area contributed by atoms with Crippen LogP contribution in [0.2, 0.25) is 0 Å². The third-order valence-electron chi connectivity index (χ3n) is 7.31. The molecule has 0 aliphatic carbocycles. The predicted molar refractivity (Wildman–Crippen MR) is 142 cm³/mol. The Kier molecular flexibility index (Phi) is 6.95. The predicted octanol–water partition coefficient (Wildman–Crippen LogP) is 4.02. The molecule has 2 N–H and O–H groups in total. The number of hydrogen-bond donors (Lipinski definition) is 2. The lowest BCUT2D eigenvalue weighted by Crippen LogP contribution is -2.52. The number of fused-ring (bicyclic) bond motifs is 1. The van der Waals surface area contributed by atoms with Gasteiger partial charge in [0.2, 0.25) is 5.95 Å². The number of rotatable bonds is 7. The van der Waals surface area contributed by atoms with Gasteiger partial charge in [0, 0.05) is 31.4 Å². The molecule has 2 saturated heterocycles. The van der Waals surface area contributed by atoms with Crippen LogP contribution in [-0.2, 0) is 4.74 Å². The summed E-state index contributed by atoms with van der Waals surface area (Å²) in [6.45, 7) is 6.88. The van der Waals surface area contributed by atoms with Crippen molar-refractivity contribution in [2.45, 2.75) is 50.9 Å². The average Bonchev–Trinajstić information content (AvgIpc) is 3.21. The molecule has 10 nitrogen and oxygen atoms in total. The minimum absolute atomic E-state index is 0.0299. The molecular formula is C27H33FN6O4. The molecule has 5 rings (SSSR count). The van der Waals surface area contributed by atoms with Gasteiger partial charge in [-0.25, -0.2) is 19.2 Å². The number of aliphatic hydroxyl groups is 1. The van der Waals surface area contributed by atoms with Crippen LogP contribution in [0.25, 0.3) is 10.8 Å². The van der Waals surface area contributed by atoms with Crippen molar-refractivity contribution in [1.82, 2.24) is 19.9 Å². The highest BCUT2D eigenvalue weighted by atomic mass is 19.1. The van der Waals surface area contributed by atoms with E-state index < -0.39 is 11.8 Å². The number of benzene rings is 1. The van der Waals surface area contributed by atoms with Crippen LogP contribution in [0.3, 0.4) is 0 Å². The molecule has 0 radical (unpaired) electrons. The molecule has 2 aliphatic rings. The summed E-state index contributed by atoms with van der Waals surface area (Å²) in [6.07, 6.45) is 1.95. The van der Waals surface area contributed by atoms with Crippen LogP contribution in [0.4, 0.5) is 26.8 Å². The first-order valence-corrected chi connectivity index (χ1v) is 12.8. The number of halogens is 1. The van der Waals surface area contributed by atoms with Crippen molar-refractivity contribution < 1.29 is 23.8 Å². The van der Waals surface area contributed by atoms with Crippen LogP contribution in [-0.4, -0.2) is 82.2 Å². The fraction of sp³-hybridized carbons (Fsp3) is 0.481. The monoisotopic (exact) mass is 524 g/mol. The third kappa shape index (κ3) is 5.15. The molecule has 2 fully saturated rings. The molecule has 0 spiro atoms. The quantitative estimate of drug-likeness (QED) is 0.473. The second kappa shape index (κ2) is 10.2. The number of piperidine rings is 1. The van der Waals surface area contributed by atoms with Gasteiger partial charge in [-0.15, -0.1) is 0 Å². The number of carbonyl (C=O) groups is 1. The molecular weight excluding hydrogens is 491 g/mol. The summed E-state index contributed by atoms with van der Waals surface area (Å²) in [5.41, 5.74) is -0.192. The maximum absolute atomic E-state index is 14.4. The molecule has 3 atom stereocenters. The lowest BCUT2D eigenvalue weighted by atomic mass is 9.92. The van der Waals surface area contributed by atoms with Gasteiger partial charge in [0.25, 0.3) is 0 Å². The van der Waals surface area contributed by atoms with Crippen LogP contribution in [0.15, 0.2) is 36.7 Å². The van der Waals surface area contributed by atoms with Crippen LogP contribution >= 0.6 is 0 Å². The zero-order valence-electron chi connectivity index (χ0n) is 22.0. The van der Waals surface area contributed by atoms with Gasteiger partial charge in [-0.3, -0.25) is 0 Å². The third-order valence-corrected chi connectivity index (χ3v) is 7.31. The number of likely N-dealkylation sites (N-methyl/N-ethyl adjacent to an activating group) is 1. The van der Waals surface area contributed by atoms with E-state index in [4.69, 9.17) is 9.47 Å². The van der Waals surface area contributed by atoms with Gasteiger partial charge in [0.15, 0.2) is 0 Å². The number of amides is 1. The summed E-state index contributed by atoms with van der Waals surface area (Å²) in [5.74, 6) is 2.47. The molecule has 4 heterocycles. The first-order valence-electron chi connectivity index (χ1n) is 12.8. The highest BCUT2D eigenvalue weighted by molar-refractivity contribution is 5.92. The van der Waals surface area contributed by atoms with E-state index in [1.165, 1.54) is 6.92 Å². The zero-order chi connectivity index (χ0) is 27.0. The van der Waals surface area contributed by atoms with Crippen molar-refractivity contribution in [3.8, 4) is 5.75 Å². The average molecular weight is 525 g/mol. The normalized spacial score (nSPS) is 23.7. The summed E-state index contributed by atoms with van der Waals surface area (Å²) in [6, 6.07) is 7.53. The summed E-state index contributed by atoms with van der Waals surface area (Å²) in [4.78, 5) is 28.4. The van der Waals surface area contributed by atoms with Gasteiger partial charge >= 0.3 is 6.09 Å². The standard InChI is InChI=1S/C27H33FN6O4/c1-16(2)18-5-6-21(37-14-17-15-38-26(35)33(17)4)20-12-30-24(11-19(18)20)31-23-7-9-29-25(32-23)34-10-8-27(3,36)22(28)13-34/h5-7,9,11-12,16-17,22,36H,8,10,13-15H2,1-4H3,(H,29,30,31,32)/t17-,22-,27+/m0/s1. The second-order valence-corrected chi connectivity index (χ2v) is 10.5. The van der Waals surface area contributed by atoms with Crippen molar-refractivity contribution in [3.05, 3.63) is 42.2 Å². The Balaban J connectivity index is 1.37. The number of hydrogen-bond acceptors (Lipinski definition) is 9. The molecule has 2 aliphatic heterocycles. The van der Waals surface area contributed by atoms with E-state index in [1.807, 2.05) is 18.2 Å². The zero-order valence-corrected chi connectivity index (χ0v) is 22.0. The van der Waals surface area contributed by atoms with E-state index in [-0.39, 0.29) is 24.6 Å². The summed E-state index contributed by atoms with van der Waals surface area (Å²) in [7, 11) is 1.70. The van der Waals surface area contributed by atoms with Crippen molar-refractivity contribution in [3.63, 3.8) is 0 Å². The van der Waals surface area contributed by atoms with Crippen molar-refractivity contribution >= 4 is 34.4 Å². The number of cyclic esters (lactones) is 1. The SMILES string of the molecule is CC(C)c1ccc(OC[C@H]2COC(=O)N2C)c2cnc(Nc3ccnc(N4CC[C@@](C)(O)[C@@H](F)C4)n3)cc12. The van der Waals surface area contributed by atoms with E-state index in [0.717, 1.165) is 16.3 Å². The fourth-order valence-corrected chi connectivity index (χ4v) is 4.69. The molecule has 0 saturated carbocycles. The van der Waals surface area contributed by atoms with Crippen molar-refractivity contribution in [1.29, 1.82) is 0 Å². The first-order chi connectivity index (χ1) is 18.1. The lowest BCUT2D eigenvalue weighted by Gasteiger charge is -2.38. The Labute approximate surface area is 220 Å². The van der Waals surface area contributed by atoms with Gasteiger partial charge in [0.1, 0.15) is 42.8 Å². The minimum Gasteiger partial charge on any atom is -0.491 e. The fourth-order valence-electron chi connectivity index (χ4n) is 4.69. The van der Waals surface area contributed by atoms with Crippen LogP contribution in [0.1, 0.15) is 38.7 Å². The smallest absolute Gasteiger partial charge is 0.410 e. The number of nitrogens with zero attached hydrogens (tertiary/aromatic N) is 5. The molecule has 202 valence electrons. The molecule has 1 amide bonds. The lowest BCUT2D eigenvalue weighted by molar-refractivity contribution is -0.0332. The topological polar surface area (TPSA) is 113 Å². The van der Waals surface area contributed by atoms with Gasteiger partial charge in [-0.05, 0) is 48.4 Å². The highest BCUT2D eigenvalue weighted by Gasteiger charge is 2.38. The number of nitrogens with one attached hydrogen (secondary N) is 1. The van der Waals surface area contributed by atoms with Gasteiger partial charge in [0.05, 0.1) is 12.1 Å². The molecule has 3 aromatic rings. The number of pyridine rings is 1. The molecule has 11 heteroatoms. The largest absolute Gasteiger partial charge is 0.491 e. The first kappa shape index (κ1) is 25.9. The van der Waals surface area contributed by atoms with Crippen LogP contribution in [0, 0.1) is 0 Å². The molecule has 0 bridgehead atoms. The molecule has 1 aromatic carbocycles. The van der Waals surface area contributed by atoms with Crippen molar-refractivity contribution in [2.24, 2.45) is 0 Å². The number of carbonyl (C=O) groups excluding carboxylic acids is 1. The Morgan fingerprint density at radius 3 is 2.79 bits per heavy atom. The molecule has 2 aromatic heterocycles. The van der Waals surface area contributed by atoms with E-state index in [9.17, 15) is 14.3 Å². The van der Waals surface area contributed by atoms with Gasteiger partial charge in [-0.2, -0.15) is 4.98 Å².